The lowest BCUT2D eigenvalue weighted by atomic mass is 10.0. The van der Waals surface area contributed by atoms with E-state index in [0.29, 0.717) is 0 Å². The van der Waals surface area contributed by atoms with E-state index in [2.05, 4.69) is 10.6 Å². The van der Waals surface area contributed by atoms with Crippen molar-refractivity contribution in [2.75, 3.05) is 23.7 Å². The second-order valence-electron chi connectivity index (χ2n) is 5.07. The van der Waals surface area contributed by atoms with E-state index in [4.69, 9.17) is 10.2 Å². The Kier molecular flexibility index (Phi) is 5.57. The Morgan fingerprint density at radius 3 is 1.35 bits per heavy atom. The SMILES string of the molecule is O=C(O)CNc1ccc(Cc2ccc(NCC(=O)O)cc2)cc1. The summed E-state index contributed by atoms with van der Waals surface area (Å²) in [7, 11) is 0. The normalized spacial score (nSPS) is 10.1. The molecule has 0 fully saturated rings. The lowest BCUT2D eigenvalue weighted by molar-refractivity contribution is -0.135. The maximum Gasteiger partial charge on any atom is 0.322 e. The first-order valence-electron chi connectivity index (χ1n) is 7.12. The third kappa shape index (κ3) is 5.70. The summed E-state index contributed by atoms with van der Waals surface area (Å²) in [6.45, 7) is -0.214. The minimum absolute atomic E-state index is 0.107. The van der Waals surface area contributed by atoms with Gasteiger partial charge in [-0.2, -0.15) is 0 Å². The van der Waals surface area contributed by atoms with Gasteiger partial charge in [0.05, 0.1) is 0 Å². The van der Waals surface area contributed by atoms with E-state index in [1.165, 1.54) is 0 Å². The average molecular weight is 314 g/mol. The van der Waals surface area contributed by atoms with E-state index in [0.717, 1.165) is 28.9 Å². The fourth-order valence-corrected chi connectivity index (χ4v) is 2.07. The highest BCUT2D eigenvalue weighted by molar-refractivity contribution is 5.73. The van der Waals surface area contributed by atoms with Crippen LogP contribution in [0.2, 0.25) is 0 Å². The molecule has 0 heterocycles. The van der Waals surface area contributed by atoms with Crippen molar-refractivity contribution in [3.8, 4) is 0 Å². The molecule has 0 saturated carbocycles. The van der Waals surface area contributed by atoms with Crippen molar-refractivity contribution in [3.63, 3.8) is 0 Å². The number of nitrogens with one attached hydrogen (secondary N) is 2. The maximum atomic E-state index is 10.5. The second kappa shape index (κ2) is 7.84. The summed E-state index contributed by atoms with van der Waals surface area (Å²) in [6.07, 6.45) is 0.748. The molecular formula is C17H18N2O4. The van der Waals surface area contributed by atoms with Gasteiger partial charge in [-0.15, -0.1) is 0 Å². The van der Waals surface area contributed by atoms with Gasteiger partial charge in [0, 0.05) is 11.4 Å². The number of benzene rings is 2. The molecule has 2 aromatic carbocycles. The van der Waals surface area contributed by atoms with Crippen LogP contribution in [0.15, 0.2) is 48.5 Å². The van der Waals surface area contributed by atoms with Gasteiger partial charge in [-0.25, -0.2) is 0 Å². The van der Waals surface area contributed by atoms with E-state index in [1.807, 2.05) is 48.5 Å². The van der Waals surface area contributed by atoms with Crippen LogP contribution < -0.4 is 10.6 Å². The fourth-order valence-electron chi connectivity index (χ4n) is 2.07. The Bertz CT molecular complexity index is 606. The van der Waals surface area contributed by atoms with Crippen molar-refractivity contribution in [1.82, 2.24) is 0 Å². The molecular weight excluding hydrogens is 296 g/mol. The highest BCUT2D eigenvalue weighted by atomic mass is 16.4. The summed E-state index contributed by atoms with van der Waals surface area (Å²) in [5.74, 6) is -1.80. The van der Waals surface area contributed by atoms with Gasteiger partial charge in [-0.05, 0) is 41.8 Å². The minimum atomic E-state index is -0.898. The molecule has 0 atom stereocenters. The number of carboxylic acid groups (broad SMARTS) is 2. The van der Waals surface area contributed by atoms with Crippen LogP contribution in [0.4, 0.5) is 11.4 Å². The molecule has 0 aliphatic carbocycles. The van der Waals surface area contributed by atoms with Crippen molar-refractivity contribution in [2.24, 2.45) is 0 Å². The molecule has 0 aliphatic heterocycles. The predicted octanol–water partition coefficient (Wildman–Crippen LogP) is 2.27. The molecule has 0 amide bonds. The first kappa shape index (κ1) is 16.4. The van der Waals surface area contributed by atoms with Crippen molar-refractivity contribution in [2.45, 2.75) is 6.42 Å². The summed E-state index contributed by atoms with van der Waals surface area (Å²) in [6, 6.07) is 15.2. The van der Waals surface area contributed by atoms with Gasteiger partial charge in [-0.1, -0.05) is 24.3 Å². The molecule has 23 heavy (non-hydrogen) atoms. The zero-order valence-corrected chi connectivity index (χ0v) is 12.5. The van der Waals surface area contributed by atoms with Crippen molar-refractivity contribution < 1.29 is 19.8 Å². The van der Waals surface area contributed by atoms with Crippen LogP contribution in [0.1, 0.15) is 11.1 Å². The van der Waals surface area contributed by atoms with Gasteiger partial charge >= 0.3 is 11.9 Å². The van der Waals surface area contributed by atoms with E-state index >= 15 is 0 Å². The lowest BCUT2D eigenvalue weighted by Crippen LogP contribution is -2.12. The van der Waals surface area contributed by atoms with Gasteiger partial charge < -0.3 is 20.8 Å². The fraction of sp³-hybridized carbons (Fsp3) is 0.176. The Labute approximate surface area is 133 Å². The number of carbonyl (C=O) groups is 2. The van der Waals surface area contributed by atoms with Crippen molar-refractivity contribution in [1.29, 1.82) is 0 Å². The first-order valence-corrected chi connectivity index (χ1v) is 7.12. The van der Waals surface area contributed by atoms with Gasteiger partial charge in [0.1, 0.15) is 13.1 Å². The Morgan fingerprint density at radius 1 is 0.696 bits per heavy atom. The molecule has 0 radical (unpaired) electrons. The first-order chi connectivity index (χ1) is 11.0. The molecule has 4 N–H and O–H groups in total. The van der Waals surface area contributed by atoms with Crippen LogP contribution in [-0.4, -0.2) is 35.2 Å². The second-order valence-corrected chi connectivity index (χ2v) is 5.07. The number of anilines is 2. The van der Waals surface area contributed by atoms with E-state index < -0.39 is 11.9 Å². The summed E-state index contributed by atoms with van der Waals surface area (Å²) >= 11 is 0. The van der Waals surface area contributed by atoms with Crippen LogP contribution >= 0.6 is 0 Å². The Balaban J connectivity index is 1.91. The number of hydrogen-bond donors (Lipinski definition) is 4. The van der Waals surface area contributed by atoms with Crippen LogP contribution in [0.5, 0.6) is 0 Å². The average Bonchev–Trinajstić information content (AvgIpc) is 2.53. The van der Waals surface area contributed by atoms with E-state index in [9.17, 15) is 9.59 Å². The molecule has 6 heteroatoms. The van der Waals surface area contributed by atoms with Gasteiger partial charge in [0.15, 0.2) is 0 Å². The molecule has 0 bridgehead atoms. The summed E-state index contributed by atoms with van der Waals surface area (Å²) < 4.78 is 0. The topological polar surface area (TPSA) is 98.7 Å². The molecule has 2 aromatic rings. The molecule has 0 saturated heterocycles. The van der Waals surface area contributed by atoms with Gasteiger partial charge in [0.25, 0.3) is 0 Å². The molecule has 0 unspecified atom stereocenters. The predicted molar refractivity (Wildman–Crippen MR) is 87.9 cm³/mol. The number of carboxylic acids is 2. The number of rotatable bonds is 8. The molecule has 6 nitrogen and oxygen atoms in total. The van der Waals surface area contributed by atoms with Crippen LogP contribution in [0, 0.1) is 0 Å². The number of hydrogen-bond acceptors (Lipinski definition) is 4. The minimum Gasteiger partial charge on any atom is -0.480 e. The highest BCUT2D eigenvalue weighted by Crippen LogP contribution is 2.15. The van der Waals surface area contributed by atoms with E-state index in [-0.39, 0.29) is 13.1 Å². The van der Waals surface area contributed by atoms with Crippen LogP contribution in [0.25, 0.3) is 0 Å². The highest BCUT2D eigenvalue weighted by Gasteiger charge is 2.01. The summed E-state index contributed by atoms with van der Waals surface area (Å²) in [5, 5.41) is 22.9. The Morgan fingerprint density at radius 2 is 1.04 bits per heavy atom. The van der Waals surface area contributed by atoms with Crippen LogP contribution in [-0.2, 0) is 16.0 Å². The smallest absolute Gasteiger partial charge is 0.322 e. The monoisotopic (exact) mass is 314 g/mol. The Hall–Kier alpha value is -3.02. The molecule has 0 spiro atoms. The van der Waals surface area contributed by atoms with E-state index in [1.54, 1.807) is 0 Å². The quantitative estimate of drug-likeness (QED) is 0.596. The van der Waals surface area contributed by atoms with Crippen LogP contribution in [0.3, 0.4) is 0 Å². The van der Waals surface area contributed by atoms with Crippen molar-refractivity contribution >= 4 is 23.3 Å². The molecule has 120 valence electrons. The summed E-state index contributed by atoms with van der Waals surface area (Å²) in [4.78, 5) is 21.0. The third-order valence-electron chi connectivity index (χ3n) is 3.20. The zero-order chi connectivity index (χ0) is 16.7. The standard InChI is InChI=1S/C17H18N2O4/c20-16(21)10-18-14-5-1-12(2-6-14)9-13-3-7-15(8-4-13)19-11-17(22)23/h1-8,18-19H,9-11H2,(H,20,21)(H,22,23). The maximum absolute atomic E-state index is 10.5. The van der Waals surface area contributed by atoms with Gasteiger partial charge in [0.2, 0.25) is 0 Å². The molecule has 2 rings (SSSR count). The molecule has 0 aliphatic rings. The zero-order valence-electron chi connectivity index (χ0n) is 12.5. The number of aliphatic carboxylic acids is 2. The van der Waals surface area contributed by atoms with Gasteiger partial charge in [-0.3, -0.25) is 9.59 Å². The molecule has 0 aromatic heterocycles. The summed E-state index contributed by atoms with van der Waals surface area (Å²) in [5.41, 5.74) is 3.75. The third-order valence-corrected chi connectivity index (χ3v) is 3.20. The lowest BCUT2D eigenvalue weighted by Gasteiger charge is -2.07. The largest absolute Gasteiger partial charge is 0.480 e. The van der Waals surface area contributed by atoms with Crippen molar-refractivity contribution in [3.05, 3.63) is 59.7 Å².